The molecule has 0 bridgehead atoms. The van der Waals surface area contributed by atoms with Crippen LogP contribution in [0.3, 0.4) is 0 Å². The first-order chi connectivity index (χ1) is 9.38. The Morgan fingerprint density at radius 2 is 0.857 bits per heavy atom. The van der Waals surface area contributed by atoms with Crippen molar-refractivity contribution >= 4 is 41.5 Å². The molecule has 0 aromatic heterocycles. The average Bonchev–Trinajstić information content (AvgIpc) is 2.37. The summed E-state index contributed by atoms with van der Waals surface area (Å²) in [4.78, 5) is 23.7. The number of hydrogen-bond acceptors (Lipinski definition) is 2. The molecular weight excluding hydrogens is 279 g/mol. The molecule has 0 saturated carbocycles. The van der Waals surface area contributed by atoms with Crippen LogP contribution in [0, 0.1) is 10.8 Å². The van der Waals surface area contributed by atoms with Crippen LogP contribution in [0.1, 0.15) is 27.7 Å². The standard InChI is InChI=1S/C16H22O4.Na.H/c1-5-9-15(10-6-2,13(17)18)16(11-7-3,12-8-4)14(19)20;;/h5-12H,1-4H3,(H,17,18)(H,19,20);;. The van der Waals surface area contributed by atoms with Gasteiger partial charge in [0.25, 0.3) is 0 Å². The molecule has 0 rings (SSSR count). The molecule has 4 nitrogen and oxygen atoms in total. The summed E-state index contributed by atoms with van der Waals surface area (Å²) in [5, 5.41) is 19.4. The summed E-state index contributed by atoms with van der Waals surface area (Å²) in [6.45, 7) is 6.66. The van der Waals surface area contributed by atoms with Crippen molar-refractivity contribution in [2.45, 2.75) is 27.7 Å². The van der Waals surface area contributed by atoms with Crippen molar-refractivity contribution in [2.24, 2.45) is 10.8 Å². The molecule has 0 aromatic rings. The summed E-state index contributed by atoms with van der Waals surface area (Å²) >= 11 is 0. The average molecular weight is 302 g/mol. The molecule has 0 aliphatic carbocycles. The Balaban J connectivity index is 0. The van der Waals surface area contributed by atoms with Crippen LogP contribution in [0.5, 0.6) is 0 Å². The topological polar surface area (TPSA) is 74.6 Å². The van der Waals surface area contributed by atoms with Crippen LogP contribution in [0.15, 0.2) is 48.6 Å². The molecule has 0 fully saturated rings. The number of carboxylic acids is 2. The van der Waals surface area contributed by atoms with E-state index in [9.17, 15) is 19.8 Å². The molecule has 21 heavy (non-hydrogen) atoms. The fraction of sp³-hybridized carbons (Fsp3) is 0.375. The monoisotopic (exact) mass is 302 g/mol. The number of hydrogen-bond donors (Lipinski definition) is 2. The van der Waals surface area contributed by atoms with Gasteiger partial charge in [0, 0.05) is 0 Å². The maximum atomic E-state index is 11.9. The maximum absolute atomic E-state index is 11.9. The van der Waals surface area contributed by atoms with Gasteiger partial charge in [0.05, 0.1) is 0 Å². The number of aliphatic carboxylic acids is 2. The second kappa shape index (κ2) is 9.77. The van der Waals surface area contributed by atoms with E-state index >= 15 is 0 Å². The Bertz CT molecular complexity index is 405. The fourth-order valence-corrected chi connectivity index (χ4v) is 2.35. The first-order valence-electron chi connectivity index (χ1n) is 6.40. The molecule has 0 atom stereocenters. The van der Waals surface area contributed by atoms with Gasteiger partial charge in [0.1, 0.15) is 10.8 Å². The molecule has 0 heterocycles. The zero-order chi connectivity index (χ0) is 15.8. The van der Waals surface area contributed by atoms with E-state index in [4.69, 9.17) is 0 Å². The van der Waals surface area contributed by atoms with Crippen LogP contribution >= 0.6 is 0 Å². The van der Waals surface area contributed by atoms with Gasteiger partial charge < -0.3 is 10.2 Å². The molecule has 0 spiro atoms. The van der Waals surface area contributed by atoms with E-state index in [-0.39, 0.29) is 29.6 Å². The van der Waals surface area contributed by atoms with E-state index < -0.39 is 22.8 Å². The van der Waals surface area contributed by atoms with Crippen molar-refractivity contribution in [3.05, 3.63) is 48.6 Å². The summed E-state index contributed by atoms with van der Waals surface area (Å²) in [6, 6.07) is 0. The van der Waals surface area contributed by atoms with Crippen LogP contribution in [0.25, 0.3) is 0 Å². The fourth-order valence-electron chi connectivity index (χ4n) is 2.35. The molecule has 0 radical (unpaired) electrons. The molecule has 2 N–H and O–H groups in total. The zero-order valence-corrected chi connectivity index (χ0v) is 12.3. The molecule has 0 amide bonds. The normalized spacial score (nSPS) is 17.9. The Morgan fingerprint density at radius 1 is 0.667 bits per heavy atom. The van der Waals surface area contributed by atoms with Crippen molar-refractivity contribution in [3.63, 3.8) is 0 Å². The van der Waals surface area contributed by atoms with Crippen molar-refractivity contribution < 1.29 is 19.8 Å². The van der Waals surface area contributed by atoms with Gasteiger partial charge in [-0.2, -0.15) is 0 Å². The Labute approximate surface area is 148 Å². The molecule has 0 aromatic carbocycles. The van der Waals surface area contributed by atoms with Crippen LogP contribution in [-0.4, -0.2) is 51.7 Å². The third-order valence-corrected chi connectivity index (χ3v) is 3.11. The van der Waals surface area contributed by atoms with Crippen molar-refractivity contribution in [1.29, 1.82) is 0 Å². The van der Waals surface area contributed by atoms with Gasteiger partial charge in [-0.1, -0.05) is 48.6 Å². The molecule has 0 unspecified atom stereocenters. The van der Waals surface area contributed by atoms with Gasteiger partial charge in [-0.05, 0) is 27.7 Å². The van der Waals surface area contributed by atoms with Crippen molar-refractivity contribution in [2.75, 3.05) is 0 Å². The predicted octanol–water partition coefficient (Wildman–Crippen LogP) is 2.78. The molecular formula is C16H23NaO4. The van der Waals surface area contributed by atoms with E-state index in [0.717, 1.165) is 0 Å². The minimum atomic E-state index is -1.68. The summed E-state index contributed by atoms with van der Waals surface area (Å²) in [6.07, 6.45) is 11.8. The summed E-state index contributed by atoms with van der Waals surface area (Å²) in [5.41, 5.74) is -3.36. The first-order valence-corrected chi connectivity index (χ1v) is 6.40. The Hall–Kier alpha value is -1.10. The number of carboxylic acid groups (broad SMARTS) is 2. The van der Waals surface area contributed by atoms with E-state index in [1.807, 2.05) is 0 Å². The van der Waals surface area contributed by atoms with Gasteiger partial charge in [-0.25, -0.2) is 0 Å². The van der Waals surface area contributed by atoms with Gasteiger partial charge in [0.2, 0.25) is 0 Å². The van der Waals surface area contributed by atoms with Crippen LogP contribution in [-0.2, 0) is 9.59 Å². The Kier molecular flexibility index (Phi) is 10.3. The SMILES string of the molecule is CC=CC(C=CC)(C(=O)O)C(C=CC)(C=CC)C(=O)O.[NaH]. The third kappa shape index (κ3) is 4.19. The van der Waals surface area contributed by atoms with Gasteiger partial charge in [-0.15, -0.1) is 0 Å². The minimum absolute atomic E-state index is 0. The van der Waals surface area contributed by atoms with Crippen LogP contribution in [0.2, 0.25) is 0 Å². The van der Waals surface area contributed by atoms with E-state index in [0.29, 0.717) is 0 Å². The van der Waals surface area contributed by atoms with E-state index in [2.05, 4.69) is 0 Å². The quantitative estimate of drug-likeness (QED) is 0.560. The first kappa shape index (κ1) is 22.2. The second-order valence-corrected chi connectivity index (χ2v) is 4.35. The summed E-state index contributed by atoms with van der Waals surface area (Å²) in [5.74, 6) is -2.43. The van der Waals surface area contributed by atoms with E-state index in [1.54, 1.807) is 52.0 Å². The molecule has 0 saturated heterocycles. The van der Waals surface area contributed by atoms with Gasteiger partial charge >= 0.3 is 41.5 Å². The van der Waals surface area contributed by atoms with Crippen molar-refractivity contribution in [1.82, 2.24) is 0 Å². The third-order valence-electron chi connectivity index (χ3n) is 3.11. The van der Waals surface area contributed by atoms with Gasteiger partial charge in [-0.3, -0.25) is 9.59 Å². The number of rotatable bonds is 7. The Morgan fingerprint density at radius 3 is 0.952 bits per heavy atom. The summed E-state index contributed by atoms with van der Waals surface area (Å²) < 4.78 is 0. The van der Waals surface area contributed by atoms with Crippen LogP contribution < -0.4 is 0 Å². The summed E-state index contributed by atoms with van der Waals surface area (Å²) in [7, 11) is 0. The molecule has 5 heteroatoms. The van der Waals surface area contributed by atoms with Crippen molar-refractivity contribution in [3.8, 4) is 0 Å². The molecule has 0 aliphatic heterocycles. The zero-order valence-electron chi connectivity index (χ0n) is 12.3. The van der Waals surface area contributed by atoms with Gasteiger partial charge in [0.15, 0.2) is 0 Å². The van der Waals surface area contributed by atoms with E-state index in [1.165, 1.54) is 24.3 Å². The second-order valence-electron chi connectivity index (χ2n) is 4.35. The molecule has 112 valence electrons. The number of carbonyl (C=O) groups is 2. The number of allylic oxidation sites excluding steroid dienone is 4. The predicted molar refractivity (Wildman–Crippen MR) is 86.5 cm³/mol. The molecule has 0 aliphatic rings. The van der Waals surface area contributed by atoms with Crippen LogP contribution in [0.4, 0.5) is 0 Å².